The van der Waals surface area contributed by atoms with Crippen LogP contribution in [0.2, 0.25) is 5.02 Å². The van der Waals surface area contributed by atoms with E-state index in [4.69, 9.17) is 11.6 Å². The monoisotopic (exact) mass is 420 g/mol. The lowest BCUT2D eigenvalue weighted by Gasteiger charge is -2.45. The molecule has 1 N–H and O–H groups in total. The molecule has 0 radical (unpaired) electrons. The minimum atomic E-state index is -0.00628. The number of aryl methyl sites for hydroxylation is 1. The Bertz CT molecular complexity index is 663. The van der Waals surface area contributed by atoms with Gasteiger partial charge in [-0.2, -0.15) is 0 Å². The van der Waals surface area contributed by atoms with Crippen molar-refractivity contribution in [3.63, 3.8) is 0 Å². The molecule has 29 heavy (non-hydrogen) atoms. The first-order valence-corrected chi connectivity index (χ1v) is 11.5. The Labute approximate surface area is 183 Å². The Hall–Kier alpha value is -1.06. The maximum absolute atomic E-state index is 12.9. The van der Waals surface area contributed by atoms with Gasteiger partial charge in [0.25, 0.3) is 5.91 Å². The first-order chi connectivity index (χ1) is 13.4. The molecule has 2 bridgehead atoms. The number of nitrogens with one attached hydrogen (secondary N) is 1. The van der Waals surface area contributed by atoms with E-state index in [-0.39, 0.29) is 13.3 Å². The van der Waals surface area contributed by atoms with Crippen LogP contribution in [0.25, 0.3) is 0 Å². The molecule has 1 amide bonds. The van der Waals surface area contributed by atoms with Crippen molar-refractivity contribution in [1.82, 2.24) is 10.2 Å². The molecule has 2 aliphatic carbocycles. The third kappa shape index (κ3) is 6.46. The second kappa shape index (κ2) is 10.8. The fourth-order valence-electron chi connectivity index (χ4n) is 5.13. The summed E-state index contributed by atoms with van der Waals surface area (Å²) in [6, 6.07) is 6.49. The van der Waals surface area contributed by atoms with Crippen molar-refractivity contribution in [2.45, 2.75) is 85.1 Å². The molecule has 2 aliphatic rings. The van der Waals surface area contributed by atoms with Gasteiger partial charge in [-0.05, 0) is 88.6 Å². The third-order valence-corrected chi connectivity index (χ3v) is 7.45. The largest absolute Gasteiger partial charge is 0.351 e. The van der Waals surface area contributed by atoms with Crippen LogP contribution in [0.5, 0.6) is 0 Å². The van der Waals surface area contributed by atoms with E-state index in [9.17, 15) is 4.79 Å². The van der Waals surface area contributed by atoms with Crippen LogP contribution < -0.4 is 5.32 Å². The zero-order valence-electron chi connectivity index (χ0n) is 17.9. The highest BCUT2D eigenvalue weighted by Crippen LogP contribution is 2.48. The lowest BCUT2D eigenvalue weighted by atomic mass is 9.62. The molecule has 0 heterocycles. The lowest BCUT2D eigenvalue weighted by Crippen LogP contribution is -2.43. The smallest absolute Gasteiger partial charge is 0.252 e. The molecule has 3 rings (SSSR count). The molecule has 1 aromatic rings. The Morgan fingerprint density at radius 3 is 2.62 bits per heavy atom. The topological polar surface area (TPSA) is 32.3 Å². The SMILES string of the molecule is C.CC(C)N(C)CCCc1ccc(Cl)c(C(=O)NCC23CCCC(CCC2)C3)c1. The Balaban J connectivity index is 0.00000300. The van der Waals surface area contributed by atoms with E-state index in [0.29, 0.717) is 22.0 Å². The van der Waals surface area contributed by atoms with Crippen LogP contribution in [-0.2, 0) is 6.42 Å². The Morgan fingerprint density at radius 1 is 1.28 bits per heavy atom. The summed E-state index contributed by atoms with van der Waals surface area (Å²) in [5, 5.41) is 3.80. The highest BCUT2D eigenvalue weighted by molar-refractivity contribution is 6.33. The molecule has 0 aromatic heterocycles. The molecule has 2 fully saturated rings. The van der Waals surface area contributed by atoms with E-state index in [1.54, 1.807) is 0 Å². The molecule has 2 saturated carbocycles. The Morgan fingerprint density at radius 2 is 1.97 bits per heavy atom. The van der Waals surface area contributed by atoms with Crippen molar-refractivity contribution >= 4 is 17.5 Å². The fourth-order valence-corrected chi connectivity index (χ4v) is 5.33. The minimum absolute atomic E-state index is 0. The van der Waals surface area contributed by atoms with Gasteiger partial charge in [0.1, 0.15) is 0 Å². The lowest BCUT2D eigenvalue weighted by molar-refractivity contribution is 0.0681. The number of nitrogens with zero attached hydrogens (tertiary/aromatic N) is 1. The predicted molar refractivity (Wildman–Crippen MR) is 125 cm³/mol. The summed E-state index contributed by atoms with van der Waals surface area (Å²) in [4.78, 5) is 15.2. The second-order valence-electron chi connectivity index (χ2n) is 9.53. The average molecular weight is 421 g/mol. The van der Waals surface area contributed by atoms with Crippen LogP contribution in [0.4, 0.5) is 0 Å². The fraction of sp³-hybridized carbons (Fsp3) is 0.720. The van der Waals surface area contributed by atoms with Gasteiger partial charge in [0, 0.05) is 12.6 Å². The standard InChI is InChI=1S/C24H37ClN2O.CH4/c1-18(2)27(3)14-6-9-19-10-11-22(25)21(15-19)23(28)26-17-24-12-4-7-20(16-24)8-5-13-24;/h10-11,15,18,20H,4-9,12-14,16-17H2,1-3H3,(H,26,28);1H4. The molecule has 0 saturated heterocycles. The third-order valence-electron chi connectivity index (χ3n) is 7.12. The average Bonchev–Trinajstić information content (AvgIpc) is 2.67. The maximum Gasteiger partial charge on any atom is 0.252 e. The van der Waals surface area contributed by atoms with Gasteiger partial charge in [-0.25, -0.2) is 0 Å². The number of amides is 1. The number of carbonyl (C=O) groups excluding carboxylic acids is 1. The maximum atomic E-state index is 12.9. The summed E-state index contributed by atoms with van der Waals surface area (Å²) in [5.74, 6) is 0.878. The van der Waals surface area contributed by atoms with E-state index in [2.05, 4.69) is 37.2 Å². The highest BCUT2D eigenvalue weighted by atomic mass is 35.5. The predicted octanol–water partition coefficient (Wildman–Crippen LogP) is 6.34. The first kappa shape index (κ1) is 24.2. The van der Waals surface area contributed by atoms with Gasteiger partial charge in [0.05, 0.1) is 10.6 Å². The van der Waals surface area contributed by atoms with Crippen LogP contribution in [0.15, 0.2) is 18.2 Å². The van der Waals surface area contributed by atoms with Crippen molar-refractivity contribution in [2.24, 2.45) is 11.3 Å². The van der Waals surface area contributed by atoms with Gasteiger partial charge in [-0.1, -0.05) is 50.8 Å². The van der Waals surface area contributed by atoms with Crippen LogP contribution in [0.1, 0.15) is 88.6 Å². The number of benzene rings is 1. The molecule has 1 aromatic carbocycles. The Kier molecular flexibility index (Phi) is 9.03. The van der Waals surface area contributed by atoms with Gasteiger partial charge in [0.15, 0.2) is 0 Å². The van der Waals surface area contributed by atoms with Gasteiger partial charge in [0.2, 0.25) is 0 Å². The molecule has 0 aliphatic heterocycles. The van der Waals surface area contributed by atoms with Crippen LogP contribution in [0, 0.1) is 11.3 Å². The van der Waals surface area contributed by atoms with Gasteiger partial charge in [-0.3, -0.25) is 4.79 Å². The molecule has 4 heteroatoms. The molecule has 0 atom stereocenters. The highest BCUT2D eigenvalue weighted by Gasteiger charge is 2.39. The van der Waals surface area contributed by atoms with E-state index < -0.39 is 0 Å². The quantitative estimate of drug-likeness (QED) is 0.532. The summed E-state index contributed by atoms with van der Waals surface area (Å²) in [6.07, 6.45) is 11.3. The second-order valence-corrected chi connectivity index (χ2v) is 9.94. The van der Waals surface area contributed by atoms with Crippen molar-refractivity contribution in [3.8, 4) is 0 Å². The molecule has 164 valence electrons. The van der Waals surface area contributed by atoms with E-state index >= 15 is 0 Å². The summed E-state index contributed by atoms with van der Waals surface area (Å²) >= 11 is 6.37. The number of halogens is 1. The normalized spacial score (nSPS) is 23.7. The summed E-state index contributed by atoms with van der Waals surface area (Å²) in [7, 11) is 2.16. The molecule has 0 spiro atoms. The van der Waals surface area contributed by atoms with E-state index in [1.807, 2.05) is 12.1 Å². The summed E-state index contributed by atoms with van der Waals surface area (Å²) in [5.41, 5.74) is 2.17. The number of hydrogen-bond acceptors (Lipinski definition) is 2. The summed E-state index contributed by atoms with van der Waals surface area (Å²) < 4.78 is 0. The van der Waals surface area contributed by atoms with Crippen molar-refractivity contribution < 1.29 is 4.79 Å². The first-order valence-electron chi connectivity index (χ1n) is 11.2. The zero-order chi connectivity index (χ0) is 20.1. The number of fused-ring (bicyclic) bond motifs is 2. The van der Waals surface area contributed by atoms with Gasteiger partial charge in [-0.15, -0.1) is 0 Å². The van der Waals surface area contributed by atoms with Crippen LogP contribution in [0.3, 0.4) is 0 Å². The summed E-state index contributed by atoms with van der Waals surface area (Å²) in [6.45, 7) is 6.30. The van der Waals surface area contributed by atoms with E-state index in [1.165, 1.54) is 50.5 Å². The molecule has 3 nitrogen and oxygen atoms in total. The number of hydrogen-bond donors (Lipinski definition) is 1. The zero-order valence-corrected chi connectivity index (χ0v) is 18.7. The van der Waals surface area contributed by atoms with Crippen molar-refractivity contribution in [2.75, 3.05) is 20.1 Å². The molecule has 0 unspecified atom stereocenters. The van der Waals surface area contributed by atoms with Gasteiger partial charge < -0.3 is 10.2 Å². The molecular weight excluding hydrogens is 380 g/mol. The molecular formula is C25H41ClN2O. The van der Waals surface area contributed by atoms with Crippen LogP contribution >= 0.6 is 11.6 Å². The van der Waals surface area contributed by atoms with Gasteiger partial charge >= 0.3 is 0 Å². The van der Waals surface area contributed by atoms with E-state index in [0.717, 1.165) is 31.8 Å². The minimum Gasteiger partial charge on any atom is -0.351 e. The number of rotatable bonds is 8. The van der Waals surface area contributed by atoms with Crippen molar-refractivity contribution in [3.05, 3.63) is 34.3 Å². The number of carbonyl (C=O) groups is 1. The van der Waals surface area contributed by atoms with Crippen LogP contribution in [-0.4, -0.2) is 37.0 Å². The van der Waals surface area contributed by atoms with Crippen molar-refractivity contribution in [1.29, 1.82) is 0 Å².